The molecular weight excluding hydrogens is 667 g/mol. The van der Waals surface area contributed by atoms with Crippen molar-refractivity contribution < 1.29 is 4.42 Å². The Bertz CT molecular complexity index is 3370. The van der Waals surface area contributed by atoms with Crippen LogP contribution in [-0.4, -0.2) is 14.5 Å². The Morgan fingerprint density at radius 3 is 1.92 bits per heavy atom. The molecule has 12 rings (SSSR count). The maximum absolute atomic E-state index is 6.57. The fraction of sp³-hybridized carbons (Fsp3) is 0. The van der Waals surface area contributed by atoms with Crippen LogP contribution in [-0.2, 0) is 0 Å². The number of benzene rings is 8. The van der Waals surface area contributed by atoms with Gasteiger partial charge in [-0.05, 0) is 64.0 Å². The van der Waals surface area contributed by atoms with Crippen LogP contribution < -0.4 is 0 Å². The van der Waals surface area contributed by atoms with E-state index in [1.165, 1.54) is 48.1 Å². The minimum atomic E-state index is 0.688. The molecule has 53 heavy (non-hydrogen) atoms. The largest absolute Gasteiger partial charge is 0.456 e. The second-order valence-electron chi connectivity index (χ2n) is 13.7. The van der Waals surface area contributed by atoms with Crippen molar-refractivity contribution in [2.24, 2.45) is 0 Å². The first-order chi connectivity index (χ1) is 26.3. The number of rotatable bonds is 3. The Balaban J connectivity index is 1.16. The number of aromatic nitrogens is 3. The van der Waals surface area contributed by atoms with Gasteiger partial charge in [-0.1, -0.05) is 121 Å². The molecule has 0 unspecified atom stereocenters. The molecule has 8 aromatic carbocycles. The molecule has 0 spiro atoms. The normalized spacial score (nSPS) is 12.2. The lowest BCUT2D eigenvalue weighted by atomic mass is 10.00. The number of hydrogen-bond donors (Lipinski definition) is 0. The number of furan rings is 1. The van der Waals surface area contributed by atoms with Gasteiger partial charge in [0.25, 0.3) is 0 Å². The highest BCUT2D eigenvalue weighted by molar-refractivity contribution is 7.26. The maximum atomic E-state index is 6.57. The average molecular weight is 694 g/mol. The molecule has 0 aliphatic carbocycles. The van der Waals surface area contributed by atoms with Gasteiger partial charge in [0.2, 0.25) is 0 Å². The van der Waals surface area contributed by atoms with Crippen molar-refractivity contribution in [3.8, 4) is 28.3 Å². The van der Waals surface area contributed by atoms with E-state index >= 15 is 0 Å². The Morgan fingerprint density at radius 2 is 1.17 bits per heavy atom. The summed E-state index contributed by atoms with van der Waals surface area (Å²) >= 11 is 1.75. The summed E-state index contributed by atoms with van der Waals surface area (Å²) < 4.78 is 11.3. The highest BCUT2D eigenvalue weighted by Gasteiger charge is 2.22. The van der Waals surface area contributed by atoms with Crippen molar-refractivity contribution in [2.45, 2.75) is 0 Å². The predicted molar refractivity (Wildman–Crippen MR) is 222 cm³/mol. The average Bonchev–Trinajstić information content (AvgIpc) is 3.90. The van der Waals surface area contributed by atoms with Gasteiger partial charge in [-0.2, -0.15) is 0 Å². The lowest BCUT2D eigenvalue weighted by Crippen LogP contribution is -1.95. The fourth-order valence-electron chi connectivity index (χ4n) is 8.47. The summed E-state index contributed by atoms with van der Waals surface area (Å²) in [5, 5.41) is 10.7. The molecule has 4 nitrogen and oxygen atoms in total. The Hall–Kier alpha value is -6.82. The number of fused-ring (bicyclic) bond motifs is 13. The molecule has 0 aliphatic heterocycles. The Kier molecular flexibility index (Phi) is 5.90. The monoisotopic (exact) mass is 693 g/mol. The van der Waals surface area contributed by atoms with Gasteiger partial charge < -0.3 is 8.98 Å². The van der Waals surface area contributed by atoms with E-state index in [0.717, 1.165) is 60.0 Å². The second kappa shape index (κ2) is 10.8. The van der Waals surface area contributed by atoms with Crippen molar-refractivity contribution in [3.63, 3.8) is 0 Å². The molecule has 4 aromatic heterocycles. The molecule has 0 fully saturated rings. The van der Waals surface area contributed by atoms with Gasteiger partial charge in [-0.25, -0.2) is 9.97 Å². The molecule has 0 saturated carbocycles. The van der Waals surface area contributed by atoms with Crippen molar-refractivity contribution in [1.82, 2.24) is 14.5 Å². The third-order valence-electron chi connectivity index (χ3n) is 10.8. The van der Waals surface area contributed by atoms with Crippen LogP contribution >= 0.6 is 11.3 Å². The highest BCUT2D eigenvalue weighted by Crippen LogP contribution is 2.44. The van der Waals surface area contributed by atoms with E-state index in [2.05, 4.69) is 150 Å². The van der Waals surface area contributed by atoms with Crippen LogP contribution in [0, 0.1) is 0 Å². The van der Waals surface area contributed by atoms with Gasteiger partial charge in [0, 0.05) is 48.4 Å². The van der Waals surface area contributed by atoms with Gasteiger partial charge in [0.05, 0.1) is 26.9 Å². The lowest BCUT2D eigenvalue weighted by molar-refractivity contribution is 0.669. The maximum Gasteiger partial charge on any atom is 0.161 e. The zero-order valence-corrected chi connectivity index (χ0v) is 29.1. The molecule has 0 radical (unpaired) electrons. The van der Waals surface area contributed by atoms with E-state index in [1.807, 2.05) is 18.2 Å². The predicted octanol–water partition coefficient (Wildman–Crippen LogP) is 13.5. The lowest BCUT2D eigenvalue weighted by Gasteiger charge is -2.10. The van der Waals surface area contributed by atoms with Crippen LogP contribution in [0.4, 0.5) is 0 Å². The summed E-state index contributed by atoms with van der Waals surface area (Å²) in [7, 11) is 0. The van der Waals surface area contributed by atoms with E-state index in [4.69, 9.17) is 14.4 Å². The Morgan fingerprint density at radius 1 is 0.491 bits per heavy atom. The Labute approximate surface area is 306 Å². The van der Waals surface area contributed by atoms with Crippen LogP contribution in [0.3, 0.4) is 0 Å². The molecule has 0 N–H and O–H groups in total. The minimum Gasteiger partial charge on any atom is -0.456 e. The molecule has 0 saturated heterocycles. The third-order valence-corrected chi connectivity index (χ3v) is 12.0. The van der Waals surface area contributed by atoms with E-state index < -0.39 is 0 Å². The van der Waals surface area contributed by atoms with Crippen LogP contribution in [0.25, 0.3) is 114 Å². The standard InChI is InChI=1S/C48H27N3OS/c1-2-13-30(14-3-1)45-47-46(34-17-8-9-20-41(34)53-47)50-48(49-45)35-18-10-19-40-42(35)36-27-31(23-26-39(36)52-40)51-37-24-21-28-11-4-6-15-32(28)43(37)44-33-16-7-5-12-29(33)22-25-38(44)51/h1-27H. The smallest absolute Gasteiger partial charge is 0.161 e. The number of nitrogens with zero attached hydrogens (tertiary/aromatic N) is 3. The minimum absolute atomic E-state index is 0.688. The molecular formula is C48H27N3OS. The summed E-state index contributed by atoms with van der Waals surface area (Å²) in [6.07, 6.45) is 0. The molecule has 246 valence electrons. The van der Waals surface area contributed by atoms with Gasteiger partial charge in [-0.3, -0.25) is 0 Å². The summed E-state index contributed by atoms with van der Waals surface area (Å²) in [5.74, 6) is 0.688. The van der Waals surface area contributed by atoms with Gasteiger partial charge in [0.15, 0.2) is 5.82 Å². The number of thiophene rings is 1. The van der Waals surface area contributed by atoms with Gasteiger partial charge in [0.1, 0.15) is 11.2 Å². The second-order valence-corrected chi connectivity index (χ2v) is 14.7. The molecule has 0 bridgehead atoms. The van der Waals surface area contributed by atoms with E-state index in [9.17, 15) is 0 Å². The third kappa shape index (κ3) is 4.11. The van der Waals surface area contributed by atoms with Crippen molar-refractivity contribution in [2.75, 3.05) is 0 Å². The van der Waals surface area contributed by atoms with Crippen LogP contribution in [0.2, 0.25) is 0 Å². The van der Waals surface area contributed by atoms with E-state index in [0.29, 0.717) is 5.82 Å². The van der Waals surface area contributed by atoms with Gasteiger partial charge in [-0.15, -0.1) is 11.3 Å². The van der Waals surface area contributed by atoms with Crippen LogP contribution in [0.5, 0.6) is 0 Å². The van der Waals surface area contributed by atoms with Crippen molar-refractivity contribution >= 4 is 96.9 Å². The molecule has 4 heterocycles. The van der Waals surface area contributed by atoms with Crippen LogP contribution in [0.1, 0.15) is 0 Å². The summed E-state index contributed by atoms with van der Waals surface area (Å²) in [4.78, 5) is 10.7. The topological polar surface area (TPSA) is 43.9 Å². The first-order valence-electron chi connectivity index (χ1n) is 17.8. The summed E-state index contributed by atoms with van der Waals surface area (Å²) in [6, 6.07) is 58.2. The summed E-state index contributed by atoms with van der Waals surface area (Å²) in [5.41, 5.74) is 9.02. The molecule has 0 amide bonds. The van der Waals surface area contributed by atoms with E-state index in [-0.39, 0.29) is 0 Å². The summed E-state index contributed by atoms with van der Waals surface area (Å²) in [6.45, 7) is 0. The number of hydrogen-bond acceptors (Lipinski definition) is 4. The zero-order chi connectivity index (χ0) is 34.6. The first-order valence-corrected chi connectivity index (χ1v) is 18.6. The molecule has 5 heteroatoms. The molecule has 0 atom stereocenters. The van der Waals surface area contributed by atoms with Crippen molar-refractivity contribution in [3.05, 3.63) is 164 Å². The van der Waals surface area contributed by atoms with Crippen molar-refractivity contribution in [1.29, 1.82) is 0 Å². The first kappa shape index (κ1) is 28.8. The zero-order valence-electron chi connectivity index (χ0n) is 28.2. The highest BCUT2D eigenvalue weighted by atomic mass is 32.1. The van der Waals surface area contributed by atoms with E-state index in [1.54, 1.807) is 11.3 Å². The quantitative estimate of drug-likeness (QED) is 0.185. The molecule has 0 aliphatic rings. The van der Waals surface area contributed by atoms with Crippen LogP contribution in [0.15, 0.2) is 168 Å². The molecule has 12 aromatic rings. The van der Waals surface area contributed by atoms with Gasteiger partial charge >= 0.3 is 0 Å². The SMILES string of the molecule is c1ccc(-c2nc(-c3cccc4oc5ccc(-n6c7ccc8ccccc8c7c7c8ccccc8ccc76)cc5c34)nc3c2sc2ccccc23)cc1. The fourth-order valence-corrected chi connectivity index (χ4v) is 9.62.